The summed E-state index contributed by atoms with van der Waals surface area (Å²) in [5, 5.41) is 30.8. The molecule has 4 heterocycles. The molecule has 0 aromatic rings. The first-order chi connectivity index (χ1) is 14.0. The van der Waals surface area contributed by atoms with Crippen LogP contribution in [0.2, 0.25) is 0 Å². The van der Waals surface area contributed by atoms with E-state index in [9.17, 15) is 24.9 Å². The van der Waals surface area contributed by atoms with Crippen LogP contribution in [0, 0.1) is 0 Å². The number of unbranched alkanes of at least 4 members (excludes halogenated alkanes) is 3. The van der Waals surface area contributed by atoms with Gasteiger partial charge in [-0.05, 0) is 32.1 Å². The van der Waals surface area contributed by atoms with Gasteiger partial charge in [0.1, 0.15) is 24.9 Å². The van der Waals surface area contributed by atoms with E-state index < -0.39 is 42.6 Å². The number of piperidine rings is 1. The Hall–Kier alpha value is -1.58. The quantitative estimate of drug-likeness (QED) is 0.509. The Morgan fingerprint density at radius 3 is 2.62 bits per heavy atom. The predicted molar refractivity (Wildman–Crippen MR) is 101 cm³/mol. The van der Waals surface area contributed by atoms with Crippen LogP contribution in [-0.4, -0.2) is 93.0 Å². The summed E-state index contributed by atoms with van der Waals surface area (Å²) < 4.78 is 10.4. The number of amides is 2. The van der Waals surface area contributed by atoms with Crippen molar-refractivity contribution in [1.29, 1.82) is 0 Å². The van der Waals surface area contributed by atoms with E-state index in [0.717, 1.165) is 51.5 Å². The molecule has 9 heteroatoms. The molecule has 7 atom stereocenters. The minimum Gasteiger partial charge on any atom is -0.447 e. The number of fused-ring (bicyclic) bond motifs is 2. The summed E-state index contributed by atoms with van der Waals surface area (Å²) in [6.45, 7) is 0.857. The molecule has 29 heavy (non-hydrogen) atoms. The van der Waals surface area contributed by atoms with Gasteiger partial charge in [0.2, 0.25) is 0 Å². The highest BCUT2D eigenvalue weighted by Crippen LogP contribution is 2.34. The molecule has 4 aliphatic heterocycles. The molecule has 9 nitrogen and oxygen atoms in total. The minimum atomic E-state index is -0.949. The van der Waals surface area contributed by atoms with Crippen LogP contribution in [0.3, 0.4) is 0 Å². The molecule has 4 rings (SSSR count). The average molecular weight is 412 g/mol. The van der Waals surface area contributed by atoms with Crippen molar-refractivity contribution in [3.63, 3.8) is 0 Å². The number of cyclic esters (lactones) is 2. The maximum absolute atomic E-state index is 11.9. The fourth-order valence-electron chi connectivity index (χ4n) is 5.37. The lowest BCUT2D eigenvalue weighted by Gasteiger charge is -2.30. The molecule has 0 radical (unpaired) electrons. The molecular weight excluding hydrogens is 380 g/mol. The van der Waals surface area contributed by atoms with Gasteiger partial charge in [-0.2, -0.15) is 0 Å². The molecule has 2 amide bonds. The monoisotopic (exact) mass is 412 g/mol. The van der Waals surface area contributed by atoms with Gasteiger partial charge < -0.3 is 29.7 Å². The number of ether oxygens (including phenoxy) is 2. The molecule has 0 unspecified atom stereocenters. The Morgan fingerprint density at radius 2 is 1.79 bits per heavy atom. The Labute approximate surface area is 170 Å². The zero-order valence-electron chi connectivity index (χ0n) is 16.7. The van der Waals surface area contributed by atoms with Gasteiger partial charge in [0.05, 0.1) is 24.2 Å². The van der Waals surface area contributed by atoms with E-state index in [1.807, 2.05) is 0 Å². The first-order valence-corrected chi connectivity index (χ1v) is 11.0. The lowest BCUT2D eigenvalue weighted by atomic mass is 9.93. The topological polar surface area (TPSA) is 120 Å². The molecule has 4 saturated heterocycles. The first kappa shape index (κ1) is 20.7. The van der Waals surface area contributed by atoms with E-state index >= 15 is 0 Å². The second kappa shape index (κ2) is 8.65. The molecular formula is C20H32N2O7. The van der Waals surface area contributed by atoms with Gasteiger partial charge in [0.15, 0.2) is 0 Å². The molecule has 0 saturated carbocycles. The number of aliphatic hydroxyl groups is 3. The van der Waals surface area contributed by atoms with Crippen LogP contribution in [-0.2, 0) is 9.47 Å². The van der Waals surface area contributed by atoms with Crippen molar-refractivity contribution < 1.29 is 34.4 Å². The third-order valence-electron chi connectivity index (χ3n) is 6.97. The Morgan fingerprint density at radius 1 is 1.00 bits per heavy atom. The van der Waals surface area contributed by atoms with Gasteiger partial charge >= 0.3 is 12.2 Å². The van der Waals surface area contributed by atoms with Crippen LogP contribution < -0.4 is 0 Å². The predicted octanol–water partition coefficient (Wildman–Crippen LogP) is 0.986. The number of hydrogen-bond acceptors (Lipinski definition) is 7. The number of carbonyl (C=O) groups excluding carboxylic acids is 2. The molecule has 0 spiro atoms. The fraction of sp³-hybridized carbons (Fsp3) is 0.900. The highest BCUT2D eigenvalue weighted by molar-refractivity contribution is 5.71. The van der Waals surface area contributed by atoms with Crippen molar-refractivity contribution in [3.8, 4) is 0 Å². The summed E-state index contributed by atoms with van der Waals surface area (Å²) in [4.78, 5) is 27.0. The van der Waals surface area contributed by atoms with E-state index in [1.165, 1.54) is 4.90 Å². The highest BCUT2D eigenvalue weighted by Gasteiger charge is 2.53. The summed E-state index contributed by atoms with van der Waals surface area (Å²) in [6, 6.07) is -0.827. The first-order valence-electron chi connectivity index (χ1n) is 11.0. The lowest BCUT2D eigenvalue weighted by molar-refractivity contribution is 0.00785. The molecule has 4 aliphatic rings. The smallest absolute Gasteiger partial charge is 0.410 e. The van der Waals surface area contributed by atoms with Crippen LogP contribution in [0.15, 0.2) is 0 Å². The summed E-state index contributed by atoms with van der Waals surface area (Å²) in [5.74, 6) is 0. The average Bonchev–Trinajstić information content (AvgIpc) is 3.34. The maximum atomic E-state index is 11.9. The second-order valence-electron chi connectivity index (χ2n) is 8.76. The van der Waals surface area contributed by atoms with Crippen molar-refractivity contribution in [2.45, 2.75) is 100 Å². The molecule has 0 aromatic carbocycles. The molecule has 4 fully saturated rings. The number of hydrogen-bond donors (Lipinski definition) is 3. The second-order valence-corrected chi connectivity index (χ2v) is 8.76. The van der Waals surface area contributed by atoms with Gasteiger partial charge in [0.25, 0.3) is 0 Å². The van der Waals surface area contributed by atoms with Gasteiger partial charge in [-0.3, -0.25) is 4.90 Å². The van der Waals surface area contributed by atoms with Crippen LogP contribution in [0.5, 0.6) is 0 Å². The van der Waals surface area contributed by atoms with Crippen LogP contribution in [0.1, 0.15) is 57.8 Å². The molecule has 0 bridgehead atoms. The van der Waals surface area contributed by atoms with Crippen molar-refractivity contribution in [3.05, 3.63) is 0 Å². The van der Waals surface area contributed by atoms with E-state index in [1.54, 1.807) is 4.90 Å². The van der Waals surface area contributed by atoms with Gasteiger partial charge in [-0.1, -0.05) is 25.7 Å². The molecule has 3 N–H and O–H groups in total. The largest absolute Gasteiger partial charge is 0.447 e. The third-order valence-corrected chi connectivity index (χ3v) is 6.97. The van der Waals surface area contributed by atoms with Crippen LogP contribution in [0.4, 0.5) is 9.59 Å². The normalized spacial score (nSPS) is 37.3. The van der Waals surface area contributed by atoms with Gasteiger partial charge in [-0.25, -0.2) is 9.59 Å². The zero-order chi connectivity index (χ0) is 20.5. The summed E-state index contributed by atoms with van der Waals surface area (Å²) in [7, 11) is 0. The van der Waals surface area contributed by atoms with Crippen LogP contribution >= 0.6 is 0 Å². The standard InChI is InChI=1S/C20H32N2O7/c23-15(18-13-8-5-6-10-21(13)19(26)29-18)9-4-2-1-3-7-12-16(24)17(25)14-11-28-20(27)22(12)14/h12-18,23-25H,1-11H2/t12-,13-,14-,15+,16-,17-,18+/m1/s1. The van der Waals surface area contributed by atoms with Gasteiger partial charge in [-0.15, -0.1) is 0 Å². The summed E-state index contributed by atoms with van der Waals surface area (Å²) in [5.41, 5.74) is 0. The summed E-state index contributed by atoms with van der Waals surface area (Å²) in [6.07, 6.45) is 3.92. The Bertz CT molecular complexity index is 618. The van der Waals surface area contributed by atoms with Crippen molar-refractivity contribution in [2.24, 2.45) is 0 Å². The molecule has 0 aromatic heterocycles. The molecule has 0 aliphatic carbocycles. The SMILES string of the molecule is O=C1O[C@H]([C@@H](O)CCCCCC[C@@H]2[C@@H](O)[C@H](O)[C@H]3COC(=O)N23)[C@H]2CCCCN12. The molecule has 164 valence electrons. The minimum absolute atomic E-state index is 0.00898. The van der Waals surface area contributed by atoms with Crippen molar-refractivity contribution in [1.82, 2.24) is 9.80 Å². The third kappa shape index (κ3) is 3.92. The lowest BCUT2D eigenvalue weighted by Crippen LogP contribution is -2.44. The number of nitrogens with zero attached hydrogens (tertiary/aromatic N) is 2. The van der Waals surface area contributed by atoms with E-state index in [2.05, 4.69) is 0 Å². The highest BCUT2D eigenvalue weighted by atomic mass is 16.6. The number of rotatable bonds is 8. The van der Waals surface area contributed by atoms with E-state index in [4.69, 9.17) is 9.47 Å². The van der Waals surface area contributed by atoms with Gasteiger partial charge in [0, 0.05) is 6.54 Å². The van der Waals surface area contributed by atoms with E-state index in [0.29, 0.717) is 12.8 Å². The fourth-order valence-corrected chi connectivity index (χ4v) is 5.37. The Balaban J connectivity index is 1.15. The maximum Gasteiger partial charge on any atom is 0.410 e. The summed E-state index contributed by atoms with van der Waals surface area (Å²) >= 11 is 0. The number of carbonyl (C=O) groups is 2. The zero-order valence-corrected chi connectivity index (χ0v) is 16.7. The number of aliphatic hydroxyl groups excluding tert-OH is 3. The van der Waals surface area contributed by atoms with Crippen molar-refractivity contribution in [2.75, 3.05) is 13.2 Å². The van der Waals surface area contributed by atoms with E-state index in [-0.39, 0.29) is 18.7 Å². The van der Waals surface area contributed by atoms with Crippen molar-refractivity contribution >= 4 is 12.2 Å². The van der Waals surface area contributed by atoms with Crippen LogP contribution in [0.25, 0.3) is 0 Å². The Kier molecular flexibility index (Phi) is 6.17.